The Morgan fingerprint density at radius 1 is 1.24 bits per heavy atom. The molecular formula is C15H15ClFN3O4S. The smallest absolute Gasteiger partial charge is 0.278 e. The highest BCUT2D eigenvalue weighted by Crippen LogP contribution is 2.24. The second-order valence-corrected chi connectivity index (χ2v) is 7.63. The zero-order chi connectivity index (χ0) is 19.1. The molecule has 0 N–H and O–H groups in total. The predicted octanol–water partition coefficient (Wildman–Crippen LogP) is 1.28. The Bertz CT molecular complexity index is 1120. The summed E-state index contributed by atoms with van der Waals surface area (Å²) in [6, 6.07) is 2.76. The second kappa shape index (κ2) is 6.57. The van der Waals surface area contributed by atoms with E-state index in [-0.39, 0.29) is 8.87 Å². The summed E-state index contributed by atoms with van der Waals surface area (Å²) in [6.45, 7) is 4.21. The maximum Gasteiger partial charge on any atom is 0.343 e. The predicted molar refractivity (Wildman–Crippen MR) is 89.4 cm³/mol. The maximum absolute atomic E-state index is 14.2. The van der Waals surface area contributed by atoms with E-state index in [1.54, 1.807) is 6.92 Å². The summed E-state index contributed by atoms with van der Waals surface area (Å²) in [7, 11) is -3.25. The average Bonchev–Trinajstić information content (AvgIpc) is 2.50. The van der Waals surface area contributed by atoms with Crippen LogP contribution in [0.3, 0.4) is 0 Å². The molecule has 1 heterocycles. The quantitative estimate of drug-likeness (QED) is 0.776. The number of hydrogen-bond acceptors (Lipinski definition) is 4. The lowest BCUT2D eigenvalue weighted by atomic mass is 10.2. The van der Waals surface area contributed by atoms with Crippen molar-refractivity contribution in [1.29, 1.82) is 0 Å². The van der Waals surface area contributed by atoms with Crippen molar-refractivity contribution in [2.45, 2.75) is 25.7 Å². The van der Waals surface area contributed by atoms with Gasteiger partial charge in [0, 0.05) is 19.0 Å². The first-order valence-corrected chi connectivity index (χ1v) is 8.84. The molecule has 10 heteroatoms. The number of aryl methyl sites for hydroxylation is 2. The van der Waals surface area contributed by atoms with Gasteiger partial charge in [0.25, 0.3) is 10.0 Å². The normalized spacial score (nSPS) is 12.5. The van der Waals surface area contributed by atoms with E-state index in [1.807, 2.05) is 0 Å². The number of hydrogen-bond donors (Lipinski definition) is 0. The Labute approximate surface area is 148 Å². The van der Waals surface area contributed by atoms with E-state index in [1.165, 1.54) is 19.1 Å². The summed E-state index contributed by atoms with van der Waals surface area (Å²) in [6.07, 6.45) is 0.503. The lowest BCUT2D eigenvalue weighted by molar-refractivity contribution is -0.116. The SMILES string of the molecule is CC(=O)/N=c1\c(F)cn(S(=O)(=O)c2cc(C)c(Cl)cc2C)c(=O)n1C. The summed E-state index contributed by atoms with van der Waals surface area (Å²) in [4.78, 5) is 26.7. The number of carbonyl (C=O) groups is 1. The van der Waals surface area contributed by atoms with Gasteiger partial charge in [0.15, 0.2) is 11.3 Å². The number of aromatic nitrogens is 2. The van der Waals surface area contributed by atoms with Crippen molar-refractivity contribution >= 4 is 27.5 Å². The summed E-state index contributed by atoms with van der Waals surface area (Å²) in [5, 5.41) is 0.371. The molecule has 0 saturated heterocycles. The molecule has 1 aromatic carbocycles. The molecule has 7 nitrogen and oxygen atoms in total. The molecule has 0 aliphatic heterocycles. The van der Waals surface area contributed by atoms with Crippen LogP contribution in [-0.4, -0.2) is 22.9 Å². The first-order valence-electron chi connectivity index (χ1n) is 7.02. The Morgan fingerprint density at radius 3 is 2.40 bits per heavy atom. The molecule has 0 radical (unpaired) electrons. The highest BCUT2D eigenvalue weighted by molar-refractivity contribution is 7.90. The van der Waals surface area contributed by atoms with Crippen LogP contribution in [0.5, 0.6) is 0 Å². The molecule has 2 aromatic rings. The summed E-state index contributed by atoms with van der Waals surface area (Å²) < 4.78 is 40.8. The van der Waals surface area contributed by atoms with Crippen LogP contribution >= 0.6 is 11.6 Å². The molecule has 0 bridgehead atoms. The van der Waals surface area contributed by atoms with Gasteiger partial charge in [-0.25, -0.2) is 17.6 Å². The van der Waals surface area contributed by atoms with Gasteiger partial charge in [0.05, 0.1) is 11.1 Å². The molecule has 2 rings (SSSR count). The van der Waals surface area contributed by atoms with Crippen molar-refractivity contribution in [3.8, 4) is 0 Å². The van der Waals surface area contributed by atoms with Crippen molar-refractivity contribution in [2.24, 2.45) is 12.0 Å². The fourth-order valence-electron chi connectivity index (χ4n) is 2.20. The highest BCUT2D eigenvalue weighted by atomic mass is 35.5. The van der Waals surface area contributed by atoms with Crippen LogP contribution in [0.15, 0.2) is 33.0 Å². The molecule has 1 amide bonds. The first-order chi connectivity index (χ1) is 11.5. The zero-order valence-electron chi connectivity index (χ0n) is 13.9. The first kappa shape index (κ1) is 19.1. The van der Waals surface area contributed by atoms with Gasteiger partial charge in [0.2, 0.25) is 5.91 Å². The van der Waals surface area contributed by atoms with E-state index < -0.39 is 32.9 Å². The second-order valence-electron chi connectivity index (χ2n) is 5.44. The number of carbonyl (C=O) groups excluding carboxylic acids is 1. The van der Waals surface area contributed by atoms with Crippen LogP contribution in [-0.2, 0) is 21.9 Å². The van der Waals surface area contributed by atoms with Crippen LogP contribution < -0.4 is 11.2 Å². The van der Waals surface area contributed by atoms with E-state index in [2.05, 4.69) is 4.99 Å². The van der Waals surface area contributed by atoms with E-state index in [0.717, 1.165) is 14.0 Å². The third-order valence-corrected chi connectivity index (χ3v) is 5.68. The Balaban J connectivity index is 2.86. The van der Waals surface area contributed by atoms with E-state index >= 15 is 0 Å². The van der Waals surface area contributed by atoms with E-state index in [9.17, 15) is 22.4 Å². The topological polar surface area (TPSA) is 90.5 Å². The van der Waals surface area contributed by atoms with Crippen molar-refractivity contribution in [3.05, 3.63) is 56.3 Å². The van der Waals surface area contributed by atoms with Gasteiger partial charge in [-0.1, -0.05) is 11.6 Å². The minimum Gasteiger partial charge on any atom is -0.278 e. The fourth-order valence-corrected chi connectivity index (χ4v) is 3.98. The number of amides is 1. The van der Waals surface area contributed by atoms with Gasteiger partial charge in [-0.3, -0.25) is 9.36 Å². The van der Waals surface area contributed by atoms with Gasteiger partial charge in [0.1, 0.15) is 0 Å². The molecule has 0 spiro atoms. The van der Waals surface area contributed by atoms with Crippen molar-refractivity contribution < 1.29 is 17.6 Å². The van der Waals surface area contributed by atoms with Gasteiger partial charge >= 0.3 is 5.69 Å². The number of halogens is 2. The molecule has 0 fully saturated rings. The van der Waals surface area contributed by atoms with E-state index in [0.29, 0.717) is 26.9 Å². The number of benzene rings is 1. The zero-order valence-corrected chi connectivity index (χ0v) is 15.4. The molecule has 134 valence electrons. The molecule has 0 aliphatic rings. The van der Waals surface area contributed by atoms with Crippen molar-refractivity contribution in [3.63, 3.8) is 0 Å². The van der Waals surface area contributed by atoms with Crippen LogP contribution in [0.4, 0.5) is 4.39 Å². The number of rotatable bonds is 2. The molecule has 25 heavy (non-hydrogen) atoms. The minimum absolute atomic E-state index is 0.174. The van der Waals surface area contributed by atoms with Crippen molar-refractivity contribution in [2.75, 3.05) is 0 Å². The molecule has 0 saturated carbocycles. The highest BCUT2D eigenvalue weighted by Gasteiger charge is 2.24. The lowest BCUT2D eigenvalue weighted by Crippen LogP contribution is -2.42. The Morgan fingerprint density at radius 2 is 1.84 bits per heavy atom. The third kappa shape index (κ3) is 3.42. The Kier molecular flexibility index (Phi) is 5.01. The third-order valence-electron chi connectivity index (χ3n) is 3.49. The molecule has 0 unspecified atom stereocenters. The molecule has 0 atom stereocenters. The lowest BCUT2D eigenvalue weighted by Gasteiger charge is -2.13. The fraction of sp³-hybridized carbons (Fsp3) is 0.267. The standard InChI is InChI=1S/C15H15ClFN3O4S/c1-8-6-13(9(2)5-11(8)16)25(23,24)20-7-12(17)14(18-10(3)21)19(4)15(20)22/h5-7H,1-4H3/b18-14+. The van der Waals surface area contributed by atoms with Crippen LogP contribution in [0.25, 0.3) is 0 Å². The van der Waals surface area contributed by atoms with Crippen LogP contribution in [0.1, 0.15) is 18.1 Å². The van der Waals surface area contributed by atoms with Crippen molar-refractivity contribution in [1.82, 2.24) is 8.54 Å². The minimum atomic E-state index is -4.37. The van der Waals surface area contributed by atoms with Gasteiger partial charge < -0.3 is 0 Å². The molecule has 1 aromatic heterocycles. The largest absolute Gasteiger partial charge is 0.343 e. The summed E-state index contributed by atoms with van der Waals surface area (Å²) >= 11 is 5.96. The average molecular weight is 388 g/mol. The van der Waals surface area contributed by atoms with Gasteiger partial charge in [-0.2, -0.15) is 8.96 Å². The summed E-state index contributed by atoms with van der Waals surface area (Å²) in [5.41, 5.74) is -0.809. The van der Waals surface area contributed by atoms with Gasteiger partial charge in [-0.15, -0.1) is 0 Å². The molecular weight excluding hydrogens is 373 g/mol. The van der Waals surface area contributed by atoms with E-state index in [4.69, 9.17) is 11.6 Å². The monoisotopic (exact) mass is 387 g/mol. The molecule has 0 aliphatic carbocycles. The van der Waals surface area contributed by atoms with Crippen LogP contribution in [0, 0.1) is 19.7 Å². The maximum atomic E-state index is 14.2. The number of nitrogens with zero attached hydrogens (tertiary/aromatic N) is 3. The summed E-state index contributed by atoms with van der Waals surface area (Å²) in [5.74, 6) is -1.84. The van der Waals surface area contributed by atoms with Gasteiger partial charge in [-0.05, 0) is 37.1 Å². The van der Waals surface area contributed by atoms with Crippen LogP contribution in [0.2, 0.25) is 5.02 Å². The Hall–Kier alpha value is -2.26.